The number of rotatable bonds is 4. The molecule has 0 saturated carbocycles. The summed E-state index contributed by atoms with van der Waals surface area (Å²) in [5, 5.41) is 0. The number of nitrogens with zero attached hydrogens (tertiary/aromatic N) is 1. The molecule has 0 bridgehead atoms. The second kappa shape index (κ2) is 4.86. The SMILES string of the molecule is COC(=O)C1CCN1C(C)CSC. The Morgan fingerprint density at radius 1 is 1.77 bits per heavy atom. The van der Waals surface area contributed by atoms with E-state index in [0.29, 0.717) is 6.04 Å². The second-order valence-corrected chi connectivity index (χ2v) is 4.28. The van der Waals surface area contributed by atoms with Crippen LogP contribution in [-0.4, -0.2) is 48.6 Å². The van der Waals surface area contributed by atoms with E-state index in [4.69, 9.17) is 4.74 Å². The number of thioether (sulfide) groups is 1. The summed E-state index contributed by atoms with van der Waals surface area (Å²) in [5.41, 5.74) is 0. The van der Waals surface area contributed by atoms with E-state index in [1.165, 1.54) is 7.11 Å². The fourth-order valence-corrected chi connectivity index (χ4v) is 2.33. The van der Waals surface area contributed by atoms with Crippen molar-refractivity contribution in [3.63, 3.8) is 0 Å². The normalized spacial score (nSPS) is 25.0. The molecule has 0 spiro atoms. The third kappa shape index (κ3) is 2.38. The number of carbonyl (C=O) groups is 1. The average molecular weight is 203 g/mol. The summed E-state index contributed by atoms with van der Waals surface area (Å²) in [6, 6.07) is 0.500. The van der Waals surface area contributed by atoms with Crippen LogP contribution in [0.15, 0.2) is 0 Å². The predicted molar refractivity (Wildman–Crippen MR) is 55.0 cm³/mol. The Bertz CT molecular complexity index is 186. The van der Waals surface area contributed by atoms with Crippen LogP contribution < -0.4 is 0 Å². The van der Waals surface area contributed by atoms with E-state index in [-0.39, 0.29) is 12.0 Å². The smallest absolute Gasteiger partial charge is 0.323 e. The maximum absolute atomic E-state index is 11.2. The van der Waals surface area contributed by atoms with Crippen LogP contribution >= 0.6 is 11.8 Å². The Morgan fingerprint density at radius 2 is 2.46 bits per heavy atom. The summed E-state index contributed by atoms with van der Waals surface area (Å²) in [4.78, 5) is 13.5. The molecule has 13 heavy (non-hydrogen) atoms. The van der Waals surface area contributed by atoms with Gasteiger partial charge in [-0.25, -0.2) is 0 Å². The van der Waals surface area contributed by atoms with Gasteiger partial charge in [-0.3, -0.25) is 9.69 Å². The van der Waals surface area contributed by atoms with E-state index in [0.717, 1.165) is 18.7 Å². The van der Waals surface area contributed by atoms with Crippen LogP contribution in [0.3, 0.4) is 0 Å². The van der Waals surface area contributed by atoms with Gasteiger partial charge in [-0.2, -0.15) is 11.8 Å². The van der Waals surface area contributed by atoms with Gasteiger partial charge in [-0.1, -0.05) is 0 Å². The first-order valence-electron chi connectivity index (χ1n) is 4.53. The van der Waals surface area contributed by atoms with Crippen molar-refractivity contribution in [2.45, 2.75) is 25.4 Å². The minimum Gasteiger partial charge on any atom is -0.468 e. The Hall–Kier alpha value is -0.220. The van der Waals surface area contributed by atoms with Crippen molar-refractivity contribution in [1.29, 1.82) is 0 Å². The molecule has 3 nitrogen and oxygen atoms in total. The molecule has 0 N–H and O–H groups in total. The number of methoxy groups -OCH3 is 1. The molecule has 0 aromatic heterocycles. The van der Waals surface area contributed by atoms with Gasteiger partial charge in [0.05, 0.1) is 7.11 Å². The summed E-state index contributed by atoms with van der Waals surface area (Å²) in [7, 11) is 1.46. The van der Waals surface area contributed by atoms with Gasteiger partial charge >= 0.3 is 5.97 Å². The van der Waals surface area contributed by atoms with Crippen LogP contribution in [0, 0.1) is 0 Å². The summed E-state index contributed by atoms with van der Waals surface area (Å²) in [6.45, 7) is 3.19. The molecular weight excluding hydrogens is 186 g/mol. The molecule has 1 heterocycles. The van der Waals surface area contributed by atoms with E-state index < -0.39 is 0 Å². The van der Waals surface area contributed by atoms with Crippen LogP contribution in [0.5, 0.6) is 0 Å². The Labute approximate surface area is 83.8 Å². The zero-order valence-electron chi connectivity index (χ0n) is 8.45. The standard InChI is InChI=1S/C9H17NO2S/c1-7(6-13-3)10-5-4-8(10)9(11)12-2/h7-8H,4-6H2,1-3H3. The van der Waals surface area contributed by atoms with Gasteiger partial charge in [0, 0.05) is 18.3 Å². The van der Waals surface area contributed by atoms with Crippen molar-refractivity contribution in [1.82, 2.24) is 4.90 Å². The van der Waals surface area contributed by atoms with Crippen LogP contribution in [0.1, 0.15) is 13.3 Å². The summed E-state index contributed by atoms with van der Waals surface area (Å²) in [5.74, 6) is 0.993. The zero-order valence-corrected chi connectivity index (χ0v) is 9.26. The third-order valence-electron chi connectivity index (χ3n) is 2.51. The minimum absolute atomic E-state index is 0.0205. The molecule has 0 aliphatic carbocycles. The van der Waals surface area contributed by atoms with Crippen LogP contribution in [0.4, 0.5) is 0 Å². The minimum atomic E-state index is -0.0841. The van der Waals surface area contributed by atoms with Crippen molar-refractivity contribution in [3.8, 4) is 0 Å². The van der Waals surface area contributed by atoms with Gasteiger partial charge < -0.3 is 4.74 Å². The van der Waals surface area contributed by atoms with Crippen LogP contribution in [-0.2, 0) is 9.53 Å². The van der Waals surface area contributed by atoms with E-state index in [1.54, 1.807) is 0 Å². The molecule has 1 aliphatic rings. The van der Waals surface area contributed by atoms with E-state index in [1.807, 2.05) is 11.8 Å². The Kier molecular flexibility index (Phi) is 4.06. The monoisotopic (exact) mass is 203 g/mol. The quantitative estimate of drug-likeness (QED) is 0.637. The van der Waals surface area contributed by atoms with Gasteiger partial charge in [-0.05, 0) is 19.6 Å². The molecule has 0 amide bonds. The second-order valence-electron chi connectivity index (χ2n) is 3.37. The van der Waals surface area contributed by atoms with Crippen LogP contribution in [0.25, 0.3) is 0 Å². The highest BCUT2D eigenvalue weighted by atomic mass is 32.2. The van der Waals surface area contributed by atoms with Gasteiger partial charge in [0.15, 0.2) is 0 Å². The van der Waals surface area contributed by atoms with Crippen LogP contribution in [0.2, 0.25) is 0 Å². The maximum atomic E-state index is 11.2. The summed E-state index contributed by atoms with van der Waals surface area (Å²) >= 11 is 1.81. The molecule has 0 aromatic carbocycles. The highest BCUT2D eigenvalue weighted by Crippen LogP contribution is 2.22. The Balaban J connectivity index is 2.39. The lowest BCUT2D eigenvalue weighted by Crippen LogP contribution is -2.57. The first kappa shape index (κ1) is 10.9. The number of esters is 1. The molecule has 2 atom stereocenters. The predicted octanol–water partition coefficient (Wildman–Crippen LogP) is 0.985. The van der Waals surface area contributed by atoms with Gasteiger partial charge in [-0.15, -0.1) is 0 Å². The molecule has 0 aromatic rings. The highest BCUT2D eigenvalue weighted by molar-refractivity contribution is 7.98. The molecule has 4 heteroatoms. The van der Waals surface area contributed by atoms with Crippen molar-refractivity contribution in [2.24, 2.45) is 0 Å². The maximum Gasteiger partial charge on any atom is 0.323 e. The largest absolute Gasteiger partial charge is 0.468 e. The summed E-state index contributed by atoms with van der Waals surface area (Å²) < 4.78 is 4.73. The lowest BCUT2D eigenvalue weighted by Gasteiger charge is -2.42. The average Bonchev–Trinajstić information content (AvgIpc) is 2.02. The lowest BCUT2D eigenvalue weighted by molar-refractivity contribution is -0.153. The molecule has 1 saturated heterocycles. The fraction of sp³-hybridized carbons (Fsp3) is 0.889. The van der Waals surface area contributed by atoms with Gasteiger partial charge in [0.2, 0.25) is 0 Å². The zero-order chi connectivity index (χ0) is 9.84. The molecule has 1 aliphatic heterocycles. The van der Waals surface area contributed by atoms with Crippen molar-refractivity contribution >= 4 is 17.7 Å². The molecule has 76 valence electrons. The molecule has 0 radical (unpaired) electrons. The highest BCUT2D eigenvalue weighted by Gasteiger charge is 2.37. The fourth-order valence-electron chi connectivity index (χ4n) is 1.66. The van der Waals surface area contributed by atoms with E-state index in [2.05, 4.69) is 18.1 Å². The lowest BCUT2D eigenvalue weighted by atomic mass is 10.0. The third-order valence-corrected chi connectivity index (χ3v) is 3.32. The molecule has 1 fully saturated rings. The Morgan fingerprint density at radius 3 is 2.85 bits per heavy atom. The van der Waals surface area contributed by atoms with Crippen molar-refractivity contribution in [2.75, 3.05) is 25.7 Å². The number of hydrogen-bond donors (Lipinski definition) is 0. The van der Waals surface area contributed by atoms with Gasteiger partial charge in [0.1, 0.15) is 6.04 Å². The molecular formula is C9H17NO2S. The molecule has 2 unspecified atom stereocenters. The topological polar surface area (TPSA) is 29.5 Å². The van der Waals surface area contributed by atoms with Crippen molar-refractivity contribution in [3.05, 3.63) is 0 Å². The first-order valence-corrected chi connectivity index (χ1v) is 5.92. The number of hydrogen-bond acceptors (Lipinski definition) is 4. The van der Waals surface area contributed by atoms with Crippen molar-refractivity contribution < 1.29 is 9.53 Å². The number of likely N-dealkylation sites (tertiary alicyclic amines) is 1. The summed E-state index contributed by atoms with van der Waals surface area (Å²) in [6.07, 6.45) is 3.04. The number of carbonyl (C=O) groups excluding carboxylic acids is 1. The molecule has 1 rings (SSSR count). The van der Waals surface area contributed by atoms with E-state index >= 15 is 0 Å². The first-order chi connectivity index (χ1) is 6.20. The van der Waals surface area contributed by atoms with Gasteiger partial charge in [0.25, 0.3) is 0 Å². The number of ether oxygens (including phenoxy) is 1. The van der Waals surface area contributed by atoms with E-state index in [9.17, 15) is 4.79 Å².